The van der Waals surface area contributed by atoms with Crippen LogP contribution in [-0.4, -0.2) is 40.7 Å². The summed E-state index contributed by atoms with van der Waals surface area (Å²) < 4.78 is 0.0994. The smallest absolute Gasteiger partial charge is 0.327 e. The summed E-state index contributed by atoms with van der Waals surface area (Å²) in [5, 5.41) is 14.0. The van der Waals surface area contributed by atoms with Gasteiger partial charge < -0.3 is 15.7 Å². The van der Waals surface area contributed by atoms with E-state index < -0.39 is 18.0 Å². The fourth-order valence-electron chi connectivity index (χ4n) is 2.24. The highest BCUT2D eigenvalue weighted by molar-refractivity contribution is 8.00. The molecule has 0 aromatic heterocycles. The van der Waals surface area contributed by atoms with E-state index >= 15 is 0 Å². The van der Waals surface area contributed by atoms with Crippen LogP contribution in [0.4, 0.5) is 4.79 Å². The number of thioether (sulfide) groups is 1. The van der Waals surface area contributed by atoms with Gasteiger partial charge in [0.1, 0.15) is 6.04 Å². The van der Waals surface area contributed by atoms with Gasteiger partial charge in [0.25, 0.3) is 0 Å². The van der Waals surface area contributed by atoms with Crippen molar-refractivity contribution in [1.82, 2.24) is 10.6 Å². The summed E-state index contributed by atoms with van der Waals surface area (Å²) in [6, 6.07) is -1.50. The maximum atomic E-state index is 11.7. The number of hydrogen-bond acceptors (Lipinski definition) is 3. The third kappa shape index (κ3) is 4.67. The number of amides is 2. The molecule has 0 aliphatic heterocycles. The van der Waals surface area contributed by atoms with E-state index in [1.807, 2.05) is 6.26 Å². The first-order valence-electron chi connectivity index (χ1n) is 6.29. The van der Waals surface area contributed by atoms with Crippen LogP contribution in [0.1, 0.15) is 32.1 Å². The normalized spacial score (nSPS) is 18.3. The van der Waals surface area contributed by atoms with Crippen LogP contribution in [0.15, 0.2) is 0 Å². The summed E-state index contributed by atoms with van der Waals surface area (Å²) in [7, 11) is 0. The fourth-order valence-corrected chi connectivity index (χ4v) is 3.15. The molecular formula is C13H20N2O3S. The molecule has 0 aromatic carbocycles. The fraction of sp³-hybridized carbons (Fsp3) is 0.692. The highest BCUT2D eigenvalue weighted by Gasteiger charge is 2.33. The van der Waals surface area contributed by atoms with Crippen LogP contribution < -0.4 is 10.6 Å². The minimum absolute atomic E-state index is 0.0174. The van der Waals surface area contributed by atoms with Gasteiger partial charge in [-0.3, -0.25) is 0 Å². The first kappa shape index (κ1) is 15.7. The van der Waals surface area contributed by atoms with Crippen LogP contribution in [0.3, 0.4) is 0 Å². The highest BCUT2D eigenvalue weighted by Crippen LogP contribution is 2.39. The lowest BCUT2D eigenvalue weighted by molar-refractivity contribution is -0.139. The number of nitrogens with one attached hydrogen (secondary N) is 2. The summed E-state index contributed by atoms with van der Waals surface area (Å²) in [4.78, 5) is 22.5. The van der Waals surface area contributed by atoms with Crippen molar-refractivity contribution in [3.63, 3.8) is 0 Å². The number of carbonyl (C=O) groups is 2. The van der Waals surface area contributed by atoms with Gasteiger partial charge >= 0.3 is 12.0 Å². The van der Waals surface area contributed by atoms with Crippen molar-refractivity contribution in [3.8, 4) is 12.3 Å². The Balaban J connectivity index is 2.42. The Morgan fingerprint density at radius 3 is 2.58 bits per heavy atom. The summed E-state index contributed by atoms with van der Waals surface area (Å²) in [5.74, 6) is 1.13. The zero-order valence-electron chi connectivity index (χ0n) is 11.1. The minimum atomic E-state index is -1.12. The molecule has 106 valence electrons. The molecule has 19 heavy (non-hydrogen) atoms. The molecule has 0 heterocycles. The molecule has 5 nitrogen and oxygen atoms in total. The molecule has 6 heteroatoms. The lowest BCUT2D eigenvalue weighted by Crippen LogP contribution is -2.49. The molecular weight excluding hydrogens is 264 g/mol. The second kappa shape index (κ2) is 7.29. The molecule has 1 aliphatic carbocycles. The number of terminal acetylenes is 1. The molecule has 1 aliphatic rings. The predicted molar refractivity (Wildman–Crippen MR) is 76.1 cm³/mol. The Kier molecular flexibility index (Phi) is 6.03. The van der Waals surface area contributed by atoms with Crippen LogP contribution in [0.2, 0.25) is 0 Å². The van der Waals surface area contributed by atoms with Gasteiger partial charge in [0.05, 0.1) is 0 Å². The molecule has 1 rings (SSSR count). The number of carboxylic acids is 1. The third-order valence-electron chi connectivity index (χ3n) is 3.44. The average molecular weight is 284 g/mol. The molecule has 0 radical (unpaired) electrons. The Bertz CT molecular complexity index is 373. The third-order valence-corrected chi connectivity index (χ3v) is 4.86. The van der Waals surface area contributed by atoms with Crippen LogP contribution >= 0.6 is 11.8 Å². The Labute approximate surface area is 117 Å². The van der Waals surface area contributed by atoms with E-state index in [0.717, 1.165) is 12.8 Å². The first-order chi connectivity index (χ1) is 9.03. The summed E-state index contributed by atoms with van der Waals surface area (Å²) in [5.41, 5.74) is 0. The molecule has 1 saturated carbocycles. The van der Waals surface area contributed by atoms with E-state index in [2.05, 4.69) is 16.6 Å². The van der Waals surface area contributed by atoms with E-state index in [1.165, 1.54) is 12.8 Å². The van der Waals surface area contributed by atoms with E-state index in [1.54, 1.807) is 11.8 Å². The van der Waals surface area contributed by atoms with Gasteiger partial charge in [0, 0.05) is 17.7 Å². The number of carbonyl (C=O) groups excluding carboxylic acids is 1. The lowest BCUT2D eigenvalue weighted by Gasteiger charge is -2.27. The van der Waals surface area contributed by atoms with Gasteiger partial charge in [-0.1, -0.05) is 12.8 Å². The van der Waals surface area contributed by atoms with Gasteiger partial charge in [-0.15, -0.1) is 12.3 Å². The largest absolute Gasteiger partial charge is 0.480 e. The Hall–Kier alpha value is -1.35. The van der Waals surface area contributed by atoms with Crippen LogP contribution in [0.25, 0.3) is 0 Å². The topological polar surface area (TPSA) is 78.4 Å². The highest BCUT2D eigenvalue weighted by atomic mass is 32.2. The minimum Gasteiger partial charge on any atom is -0.480 e. The SMILES string of the molecule is C#CCC(NC(=O)NCC1(SC)CCCC1)C(=O)O. The van der Waals surface area contributed by atoms with Gasteiger partial charge in [-0.05, 0) is 19.1 Å². The zero-order valence-corrected chi connectivity index (χ0v) is 11.9. The number of rotatable bonds is 6. The second-order valence-corrected chi connectivity index (χ2v) is 5.99. The molecule has 2 amide bonds. The van der Waals surface area contributed by atoms with Gasteiger partial charge in [-0.25, -0.2) is 9.59 Å². The van der Waals surface area contributed by atoms with E-state index in [0.29, 0.717) is 6.54 Å². The molecule has 1 unspecified atom stereocenters. The number of aliphatic carboxylic acids is 1. The van der Waals surface area contributed by atoms with Crippen LogP contribution in [-0.2, 0) is 4.79 Å². The van der Waals surface area contributed by atoms with Crippen molar-refractivity contribution in [2.45, 2.75) is 42.9 Å². The van der Waals surface area contributed by atoms with Crippen molar-refractivity contribution in [1.29, 1.82) is 0 Å². The van der Waals surface area contributed by atoms with Crippen molar-refractivity contribution in [2.24, 2.45) is 0 Å². The molecule has 3 N–H and O–H groups in total. The van der Waals surface area contributed by atoms with Crippen LogP contribution in [0, 0.1) is 12.3 Å². The second-order valence-electron chi connectivity index (χ2n) is 4.72. The van der Waals surface area contributed by atoms with E-state index in [-0.39, 0.29) is 11.2 Å². The van der Waals surface area contributed by atoms with Gasteiger partial charge in [-0.2, -0.15) is 11.8 Å². The molecule has 0 spiro atoms. The van der Waals surface area contributed by atoms with Crippen molar-refractivity contribution in [2.75, 3.05) is 12.8 Å². The maximum absolute atomic E-state index is 11.7. The Morgan fingerprint density at radius 1 is 1.47 bits per heavy atom. The quantitative estimate of drug-likeness (QED) is 0.645. The van der Waals surface area contributed by atoms with Gasteiger partial charge in [0.15, 0.2) is 0 Å². The molecule has 0 saturated heterocycles. The van der Waals surface area contributed by atoms with Gasteiger partial charge in [0.2, 0.25) is 0 Å². The Morgan fingerprint density at radius 2 is 2.11 bits per heavy atom. The van der Waals surface area contributed by atoms with E-state index in [4.69, 9.17) is 11.5 Å². The first-order valence-corrected chi connectivity index (χ1v) is 7.51. The monoisotopic (exact) mass is 284 g/mol. The summed E-state index contributed by atoms with van der Waals surface area (Å²) >= 11 is 1.77. The zero-order chi connectivity index (χ0) is 14.3. The molecule has 0 aromatic rings. The lowest BCUT2D eigenvalue weighted by atomic mass is 10.1. The molecule has 1 atom stereocenters. The van der Waals surface area contributed by atoms with Crippen molar-refractivity contribution >= 4 is 23.8 Å². The number of hydrogen-bond donors (Lipinski definition) is 3. The molecule has 1 fully saturated rings. The maximum Gasteiger partial charge on any atom is 0.327 e. The predicted octanol–water partition coefficient (Wildman–Crippen LogP) is 1.44. The number of urea groups is 1. The van der Waals surface area contributed by atoms with Crippen LogP contribution in [0.5, 0.6) is 0 Å². The molecule has 0 bridgehead atoms. The summed E-state index contributed by atoms with van der Waals surface area (Å²) in [6.45, 7) is 0.558. The van der Waals surface area contributed by atoms with E-state index in [9.17, 15) is 9.59 Å². The number of carboxylic acid groups (broad SMARTS) is 1. The average Bonchev–Trinajstić information content (AvgIpc) is 2.85. The van der Waals surface area contributed by atoms with Crippen molar-refractivity contribution in [3.05, 3.63) is 0 Å². The van der Waals surface area contributed by atoms with Crippen molar-refractivity contribution < 1.29 is 14.7 Å². The standard InChI is InChI=1S/C13H20N2O3S/c1-3-6-10(11(16)17)15-12(18)14-9-13(19-2)7-4-5-8-13/h1,10H,4-9H2,2H3,(H,16,17)(H2,14,15,18). The summed E-state index contributed by atoms with van der Waals surface area (Å²) in [6.07, 6.45) is 11.6.